The lowest BCUT2D eigenvalue weighted by molar-refractivity contribution is -0.385. The summed E-state index contributed by atoms with van der Waals surface area (Å²) in [5.41, 5.74) is 3.89. The molecule has 26 heavy (non-hydrogen) atoms. The number of benzene rings is 2. The molecule has 3 rings (SSSR count). The third-order valence-electron chi connectivity index (χ3n) is 3.94. The Labute approximate surface area is 150 Å². The number of nitrogens with zero attached hydrogens (tertiary/aromatic N) is 3. The summed E-state index contributed by atoms with van der Waals surface area (Å²) in [7, 11) is 1.50. The quantitative estimate of drug-likeness (QED) is 0.494. The first-order chi connectivity index (χ1) is 12.5. The van der Waals surface area contributed by atoms with E-state index in [1.54, 1.807) is 0 Å². The maximum Gasteiger partial charge on any atom is 0.273 e. The number of hydrogen-bond acceptors (Lipinski definition) is 5. The first kappa shape index (κ1) is 17.5. The number of aryl methyl sites for hydroxylation is 2. The largest absolute Gasteiger partial charge is 0.493 e. The average Bonchev–Trinajstić information content (AvgIpc) is 2.98. The average molecular weight is 353 g/mol. The second-order valence-corrected chi connectivity index (χ2v) is 5.89. The Morgan fingerprint density at radius 2 is 1.81 bits per heavy atom. The maximum absolute atomic E-state index is 10.9. The minimum Gasteiger partial charge on any atom is -0.493 e. The number of nitro benzene ring substituents is 1. The Morgan fingerprint density at radius 3 is 2.38 bits per heavy atom. The molecule has 0 saturated carbocycles. The molecule has 0 aliphatic heterocycles. The van der Waals surface area contributed by atoms with Gasteiger partial charge in [0.15, 0.2) is 11.5 Å². The van der Waals surface area contributed by atoms with Crippen molar-refractivity contribution in [3.8, 4) is 17.2 Å². The van der Waals surface area contributed by atoms with E-state index in [0.717, 1.165) is 22.6 Å². The number of nitro groups is 1. The molecule has 1 aromatic heterocycles. The molecule has 0 aliphatic rings. The monoisotopic (exact) mass is 353 g/mol. The van der Waals surface area contributed by atoms with Crippen molar-refractivity contribution < 1.29 is 14.4 Å². The van der Waals surface area contributed by atoms with E-state index in [1.165, 1.54) is 25.3 Å². The molecule has 0 saturated heterocycles. The van der Waals surface area contributed by atoms with Gasteiger partial charge in [0.1, 0.15) is 6.61 Å². The Kier molecular flexibility index (Phi) is 4.88. The van der Waals surface area contributed by atoms with Crippen LogP contribution < -0.4 is 9.47 Å². The Morgan fingerprint density at radius 1 is 1.08 bits per heavy atom. The summed E-state index contributed by atoms with van der Waals surface area (Å²) in [6.45, 7) is 4.23. The van der Waals surface area contributed by atoms with Crippen molar-refractivity contribution in [2.24, 2.45) is 0 Å². The normalized spacial score (nSPS) is 10.6. The molecule has 0 amide bonds. The number of rotatable bonds is 6. The lowest BCUT2D eigenvalue weighted by atomic mass is 10.2. The second-order valence-electron chi connectivity index (χ2n) is 5.89. The van der Waals surface area contributed by atoms with Crippen LogP contribution in [0.2, 0.25) is 0 Å². The summed E-state index contributed by atoms with van der Waals surface area (Å²) in [4.78, 5) is 10.5. The number of hydrogen-bond donors (Lipinski definition) is 0. The van der Waals surface area contributed by atoms with Gasteiger partial charge in [-0.25, -0.2) is 4.68 Å². The zero-order chi connectivity index (χ0) is 18.7. The highest BCUT2D eigenvalue weighted by molar-refractivity contribution is 5.48. The standard InChI is InChI=1S/C19H19N3O4/c1-13-10-14(2)21(20-13)16-6-4-15(5-7-16)12-26-19-11-17(22(23)24)8-9-18(19)25-3/h4-11H,12H2,1-3H3. The van der Waals surface area contributed by atoms with Crippen molar-refractivity contribution in [3.63, 3.8) is 0 Å². The fourth-order valence-electron chi connectivity index (χ4n) is 2.68. The number of methoxy groups -OCH3 is 1. The van der Waals surface area contributed by atoms with Gasteiger partial charge in [-0.15, -0.1) is 0 Å². The van der Waals surface area contributed by atoms with Crippen LogP contribution in [0.15, 0.2) is 48.5 Å². The fourth-order valence-corrected chi connectivity index (χ4v) is 2.68. The number of non-ortho nitro benzene ring substituents is 1. The van der Waals surface area contributed by atoms with Crippen LogP contribution in [0, 0.1) is 24.0 Å². The summed E-state index contributed by atoms with van der Waals surface area (Å²) in [6, 6.07) is 14.1. The summed E-state index contributed by atoms with van der Waals surface area (Å²) in [5.74, 6) is 0.791. The Hall–Kier alpha value is -3.35. The van der Waals surface area contributed by atoms with Gasteiger partial charge in [-0.2, -0.15) is 5.10 Å². The van der Waals surface area contributed by atoms with Crippen molar-refractivity contribution >= 4 is 5.69 Å². The second kappa shape index (κ2) is 7.26. The van der Waals surface area contributed by atoms with E-state index < -0.39 is 4.92 Å². The van der Waals surface area contributed by atoms with Crippen LogP contribution >= 0.6 is 0 Å². The summed E-state index contributed by atoms with van der Waals surface area (Å²) >= 11 is 0. The Bertz CT molecular complexity index is 932. The van der Waals surface area contributed by atoms with Crippen LogP contribution in [-0.2, 0) is 6.61 Å². The van der Waals surface area contributed by atoms with Crippen LogP contribution in [0.1, 0.15) is 17.0 Å². The van der Waals surface area contributed by atoms with Crippen LogP contribution in [0.3, 0.4) is 0 Å². The minimum atomic E-state index is -0.463. The van der Waals surface area contributed by atoms with E-state index in [-0.39, 0.29) is 12.3 Å². The smallest absolute Gasteiger partial charge is 0.273 e. The van der Waals surface area contributed by atoms with Crippen molar-refractivity contribution in [2.75, 3.05) is 7.11 Å². The maximum atomic E-state index is 10.9. The molecule has 134 valence electrons. The van der Waals surface area contributed by atoms with Crippen LogP contribution in [0.25, 0.3) is 5.69 Å². The highest BCUT2D eigenvalue weighted by atomic mass is 16.6. The van der Waals surface area contributed by atoms with Crippen molar-refractivity contribution in [1.29, 1.82) is 0 Å². The first-order valence-corrected chi connectivity index (χ1v) is 8.06. The lowest BCUT2D eigenvalue weighted by Crippen LogP contribution is -2.01. The van der Waals surface area contributed by atoms with Gasteiger partial charge < -0.3 is 9.47 Å². The molecule has 0 unspecified atom stereocenters. The molecule has 2 aromatic carbocycles. The molecular weight excluding hydrogens is 334 g/mol. The van der Waals surface area contributed by atoms with Gasteiger partial charge >= 0.3 is 0 Å². The molecule has 7 nitrogen and oxygen atoms in total. The van der Waals surface area contributed by atoms with Gasteiger partial charge in [-0.1, -0.05) is 12.1 Å². The topological polar surface area (TPSA) is 79.4 Å². The molecule has 0 atom stereocenters. The van der Waals surface area contributed by atoms with E-state index in [4.69, 9.17) is 9.47 Å². The van der Waals surface area contributed by atoms with Crippen molar-refractivity contribution in [2.45, 2.75) is 20.5 Å². The van der Waals surface area contributed by atoms with Gasteiger partial charge in [0.05, 0.1) is 29.5 Å². The van der Waals surface area contributed by atoms with Gasteiger partial charge in [0, 0.05) is 11.8 Å². The minimum absolute atomic E-state index is 0.0410. The zero-order valence-electron chi connectivity index (χ0n) is 14.8. The van der Waals surface area contributed by atoms with E-state index in [0.29, 0.717) is 11.5 Å². The Balaban J connectivity index is 1.75. The predicted molar refractivity (Wildman–Crippen MR) is 97.0 cm³/mol. The van der Waals surface area contributed by atoms with Gasteiger partial charge in [-0.05, 0) is 43.7 Å². The third kappa shape index (κ3) is 3.66. The molecule has 0 bridgehead atoms. The van der Waals surface area contributed by atoms with E-state index in [1.807, 2.05) is 48.9 Å². The zero-order valence-corrected chi connectivity index (χ0v) is 14.8. The highest BCUT2D eigenvalue weighted by Crippen LogP contribution is 2.31. The van der Waals surface area contributed by atoms with Gasteiger partial charge in [-0.3, -0.25) is 10.1 Å². The molecule has 0 fully saturated rings. The SMILES string of the molecule is COc1ccc([N+](=O)[O-])cc1OCc1ccc(-n2nc(C)cc2C)cc1. The van der Waals surface area contributed by atoms with E-state index in [2.05, 4.69) is 5.10 Å². The molecule has 0 radical (unpaired) electrons. The molecule has 0 spiro atoms. The molecule has 0 N–H and O–H groups in total. The predicted octanol–water partition coefficient (Wildman–Crippen LogP) is 3.98. The van der Waals surface area contributed by atoms with E-state index >= 15 is 0 Å². The van der Waals surface area contributed by atoms with Gasteiger partial charge in [0.25, 0.3) is 5.69 Å². The summed E-state index contributed by atoms with van der Waals surface area (Å²) in [5, 5.41) is 15.4. The van der Waals surface area contributed by atoms with Crippen LogP contribution in [0.5, 0.6) is 11.5 Å². The molecule has 3 aromatic rings. The van der Waals surface area contributed by atoms with Crippen LogP contribution in [-0.4, -0.2) is 21.8 Å². The third-order valence-corrected chi connectivity index (χ3v) is 3.94. The summed E-state index contributed by atoms with van der Waals surface area (Å²) in [6.07, 6.45) is 0. The van der Waals surface area contributed by atoms with E-state index in [9.17, 15) is 10.1 Å². The molecule has 7 heteroatoms. The number of ether oxygens (including phenoxy) is 2. The fraction of sp³-hybridized carbons (Fsp3) is 0.211. The van der Waals surface area contributed by atoms with Gasteiger partial charge in [0.2, 0.25) is 0 Å². The number of aromatic nitrogens is 2. The highest BCUT2D eigenvalue weighted by Gasteiger charge is 2.12. The first-order valence-electron chi connectivity index (χ1n) is 8.06. The molecular formula is C19H19N3O4. The lowest BCUT2D eigenvalue weighted by Gasteiger charge is -2.11. The molecule has 1 heterocycles. The summed E-state index contributed by atoms with van der Waals surface area (Å²) < 4.78 is 12.8. The van der Waals surface area contributed by atoms with Crippen molar-refractivity contribution in [3.05, 3.63) is 75.6 Å². The molecule has 0 aliphatic carbocycles. The van der Waals surface area contributed by atoms with Crippen molar-refractivity contribution in [1.82, 2.24) is 9.78 Å². The van der Waals surface area contributed by atoms with Crippen LogP contribution in [0.4, 0.5) is 5.69 Å².